The number of anilines is 1. The maximum atomic E-state index is 11.3. The molecule has 0 aliphatic carbocycles. The second-order valence-corrected chi connectivity index (χ2v) is 6.65. The third kappa shape index (κ3) is 1.90. The molecule has 1 aromatic rings. The van der Waals surface area contributed by atoms with Crippen molar-refractivity contribution in [1.82, 2.24) is 5.32 Å². The van der Waals surface area contributed by atoms with Crippen LogP contribution in [0.15, 0.2) is 18.2 Å². The highest BCUT2D eigenvalue weighted by Crippen LogP contribution is 2.43. The second kappa shape index (κ2) is 4.48. The predicted molar refractivity (Wildman–Crippen MR) is 81.0 cm³/mol. The predicted octanol–water partition coefficient (Wildman–Crippen LogP) is 1.53. The molecule has 0 spiro atoms. The average Bonchev–Trinajstić information content (AvgIpc) is 2.91. The standard InChI is InChI=1S/C16H23N3O/c1-10-6-12(4-5-13(10)15(17)20)19-9-11-7-18-8-14(11)16(19,2)3/h4-6,11,14,18H,7-9H2,1-3H3,(H2,17,20). The molecule has 4 nitrogen and oxygen atoms in total. The van der Waals surface area contributed by atoms with Crippen LogP contribution in [0.1, 0.15) is 29.8 Å². The van der Waals surface area contributed by atoms with Gasteiger partial charge in [0.1, 0.15) is 0 Å². The number of amides is 1. The van der Waals surface area contributed by atoms with E-state index in [-0.39, 0.29) is 11.4 Å². The van der Waals surface area contributed by atoms with E-state index in [9.17, 15) is 4.79 Å². The fourth-order valence-electron chi connectivity index (χ4n) is 3.95. The van der Waals surface area contributed by atoms with Crippen LogP contribution in [0.2, 0.25) is 0 Å². The molecule has 2 unspecified atom stereocenters. The van der Waals surface area contributed by atoms with E-state index in [4.69, 9.17) is 5.73 Å². The van der Waals surface area contributed by atoms with Gasteiger partial charge >= 0.3 is 0 Å². The Morgan fingerprint density at radius 3 is 2.75 bits per heavy atom. The quantitative estimate of drug-likeness (QED) is 0.859. The average molecular weight is 273 g/mol. The van der Waals surface area contributed by atoms with Crippen molar-refractivity contribution in [2.45, 2.75) is 26.3 Å². The molecule has 2 atom stereocenters. The van der Waals surface area contributed by atoms with Crippen molar-refractivity contribution in [3.05, 3.63) is 29.3 Å². The largest absolute Gasteiger partial charge is 0.366 e. The third-order valence-corrected chi connectivity index (χ3v) is 5.15. The first-order chi connectivity index (χ1) is 9.41. The Hall–Kier alpha value is -1.55. The normalized spacial score (nSPS) is 27.6. The molecule has 0 aromatic heterocycles. The number of aryl methyl sites for hydroxylation is 1. The number of hydrogen-bond donors (Lipinski definition) is 2. The van der Waals surface area contributed by atoms with E-state index >= 15 is 0 Å². The zero-order valence-corrected chi connectivity index (χ0v) is 12.4. The molecule has 0 saturated carbocycles. The van der Waals surface area contributed by atoms with Crippen molar-refractivity contribution in [2.75, 3.05) is 24.5 Å². The highest BCUT2D eigenvalue weighted by molar-refractivity contribution is 5.94. The zero-order valence-electron chi connectivity index (χ0n) is 12.4. The fraction of sp³-hybridized carbons (Fsp3) is 0.562. The molecule has 2 aliphatic rings. The van der Waals surface area contributed by atoms with Crippen LogP contribution in [-0.2, 0) is 0 Å². The van der Waals surface area contributed by atoms with Gasteiger partial charge in [0.05, 0.1) is 0 Å². The summed E-state index contributed by atoms with van der Waals surface area (Å²) in [6.45, 7) is 9.90. The van der Waals surface area contributed by atoms with Crippen LogP contribution in [0.4, 0.5) is 5.69 Å². The van der Waals surface area contributed by atoms with Gasteiger partial charge in [-0.1, -0.05) is 0 Å². The van der Waals surface area contributed by atoms with Gasteiger partial charge < -0.3 is 16.0 Å². The Morgan fingerprint density at radius 1 is 1.40 bits per heavy atom. The number of hydrogen-bond acceptors (Lipinski definition) is 3. The van der Waals surface area contributed by atoms with Crippen LogP contribution < -0.4 is 16.0 Å². The molecule has 2 aliphatic heterocycles. The molecular weight excluding hydrogens is 250 g/mol. The lowest BCUT2D eigenvalue weighted by Gasteiger charge is -2.37. The van der Waals surface area contributed by atoms with Crippen molar-refractivity contribution >= 4 is 11.6 Å². The minimum absolute atomic E-state index is 0.148. The summed E-state index contributed by atoms with van der Waals surface area (Å²) >= 11 is 0. The lowest BCUT2D eigenvalue weighted by atomic mass is 9.84. The van der Waals surface area contributed by atoms with Gasteiger partial charge in [0.25, 0.3) is 0 Å². The number of rotatable bonds is 2. The summed E-state index contributed by atoms with van der Waals surface area (Å²) in [5.74, 6) is 1.07. The first-order valence-corrected chi connectivity index (χ1v) is 7.30. The van der Waals surface area contributed by atoms with Crippen molar-refractivity contribution in [2.24, 2.45) is 17.6 Å². The Morgan fingerprint density at radius 2 is 2.15 bits per heavy atom. The number of nitrogens with two attached hydrogens (primary N) is 1. The molecule has 108 valence electrons. The molecule has 1 amide bonds. The molecule has 2 saturated heterocycles. The van der Waals surface area contributed by atoms with Crippen molar-refractivity contribution in [1.29, 1.82) is 0 Å². The Kier molecular flexibility index (Phi) is 3.01. The van der Waals surface area contributed by atoms with Gasteiger partial charge in [-0.2, -0.15) is 0 Å². The summed E-state index contributed by atoms with van der Waals surface area (Å²) in [4.78, 5) is 13.8. The number of carbonyl (C=O) groups is 1. The molecule has 1 aromatic carbocycles. The van der Waals surface area contributed by atoms with Gasteiger partial charge in [-0.3, -0.25) is 4.79 Å². The maximum absolute atomic E-state index is 11.3. The van der Waals surface area contributed by atoms with E-state index in [1.165, 1.54) is 5.69 Å². The summed E-state index contributed by atoms with van der Waals surface area (Å²) in [5, 5.41) is 3.50. The van der Waals surface area contributed by atoms with Crippen LogP contribution in [0.3, 0.4) is 0 Å². The maximum Gasteiger partial charge on any atom is 0.248 e. The summed E-state index contributed by atoms with van der Waals surface area (Å²) in [7, 11) is 0. The first-order valence-electron chi connectivity index (χ1n) is 7.30. The SMILES string of the molecule is Cc1cc(N2CC3CNCC3C2(C)C)ccc1C(N)=O. The van der Waals surface area contributed by atoms with Gasteiger partial charge in [-0.05, 0) is 56.4 Å². The second-order valence-electron chi connectivity index (χ2n) is 6.65. The molecule has 0 bridgehead atoms. The summed E-state index contributed by atoms with van der Waals surface area (Å²) in [6, 6.07) is 5.98. The topological polar surface area (TPSA) is 58.4 Å². The van der Waals surface area contributed by atoms with Crippen molar-refractivity contribution < 1.29 is 4.79 Å². The monoisotopic (exact) mass is 273 g/mol. The number of carbonyl (C=O) groups excluding carboxylic acids is 1. The van der Waals surface area contributed by atoms with E-state index in [1.54, 1.807) is 0 Å². The number of primary amides is 1. The Labute approximate surface area is 120 Å². The summed E-state index contributed by atoms with van der Waals surface area (Å²) < 4.78 is 0. The van der Waals surface area contributed by atoms with Gasteiger partial charge in [0.2, 0.25) is 5.91 Å². The number of benzene rings is 1. The van der Waals surface area contributed by atoms with Gasteiger partial charge in [-0.15, -0.1) is 0 Å². The Balaban J connectivity index is 1.94. The van der Waals surface area contributed by atoms with Gasteiger partial charge in [0.15, 0.2) is 0 Å². The molecule has 4 heteroatoms. The van der Waals surface area contributed by atoms with Crippen LogP contribution in [0.5, 0.6) is 0 Å². The lowest BCUT2D eigenvalue weighted by molar-refractivity contribution is 0.1000. The lowest BCUT2D eigenvalue weighted by Crippen LogP contribution is -2.44. The molecule has 3 N–H and O–H groups in total. The van der Waals surface area contributed by atoms with Crippen LogP contribution in [0, 0.1) is 18.8 Å². The van der Waals surface area contributed by atoms with Crippen LogP contribution >= 0.6 is 0 Å². The van der Waals surface area contributed by atoms with Crippen molar-refractivity contribution in [3.63, 3.8) is 0 Å². The zero-order chi connectivity index (χ0) is 14.5. The molecule has 2 fully saturated rings. The third-order valence-electron chi connectivity index (χ3n) is 5.15. The minimum atomic E-state index is -0.351. The summed E-state index contributed by atoms with van der Waals surface area (Å²) in [5.41, 5.74) is 8.31. The molecule has 20 heavy (non-hydrogen) atoms. The molecule has 2 heterocycles. The number of fused-ring (bicyclic) bond motifs is 1. The van der Waals surface area contributed by atoms with Crippen LogP contribution in [0.25, 0.3) is 0 Å². The highest BCUT2D eigenvalue weighted by atomic mass is 16.1. The van der Waals surface area contributed by atoms with Gasteiger partial charge in [-0.25, -0.2) is 0 Å². The number of nitrogens with one attached hydrogen (secondary N) is 1. The van der Waals surface area contributed by atoms with Crippen LogP contribution in [-0.4, -0.2) is 31.1 Å². The molecule has 3 rings (SSSR count). The fourth-order valence-corrected chi connectivity index (χ4v) is 3.95. The molecule has 0 radical (unpaired) electrons. The summed E-state index contributed by atoms with van der Waals surface area (Å²) in [6.07, 6.45) is 0. The highest BCUT2D eigenvalue weighted by Gasteiger charge is 2.49. The smallest absolute Gasteiger partial charge is 0.248 e. The first kappa shape index (κ1) is 13.4. The Bertz CT molecular complexity index is 553. The van der Waals surface area contributed by atoms with E-state index < -0.39 is 0 Å². The number of nitrogens with zero attached hydrogens (tertiary/aromatic N) is 1. The van der Waals surface area contributed by atoms with Gasteiger partial charge in [0, 0.05) is 36.4 Å². The minimum Gasteiger partial charge on any atom is -0.366 e. The van der Waals surface area contributed by atoms with E-state index in [1.807, 2.05) is 19.1 Å². The van der Waals surface area contributed by atoms with Crippen molar-refractivity contribution in [3.8, 4) is 0 Å². The van der Waals surface area contributed by atoms with E-state index in [2.05, 4.69) is 30.1 Å². The molecular formula is C16H23N3O. The van der Waals surface area contributed by atoms with E-state index in [0.717, 1.165) is 31.1 Å². The van der Waals surface area contributed by atoms with E-state index in [0.29, 0.717) is 11.5 Å².